The van der Waals surface area contributed by atoms with Gasteiger partial charge in [-0.3, -0.25) is 4.79 Å². The predicted octanol–water partition coefficient (Wildman–Crippen LogP) is 2.66. The van der Waals surface area contributed by atoms with Gasteiger partial charge in [0.25, 0.3) is 0 Å². The van der Waals surface area contributed by atoms with E-state index in [9.17, 15) is 4.79 Å². The molecule has 1 fully saturated rings. The van der Waals surface area contributed by atoms with Crippen LogP contribution in [0.4, 0.5) is 0 Å². The Balaban J connectivity index is 0.00000220. The van der Waals surface area contributed by atoms with E-state index < -0.39 is 5.54 Å². The van der Waals surface area contributed by atoms with Crippen molar-refractivity contribution >= 4 is 30.7 Å². The zero-order valence-corrected chi connectivity index (χ0v) is 15.0. The van der Waals surface area contributed by atoms with E-state index >= 15 is 0 Å². The molecule has 1 aliphatic rings. The van der Waals surface area contributed by atoms with Gasteiger partial charge in [-0.1, -0.05) is 33.1 Å². The fourth-order valence-corrected chi connectivity index (χ4v) is 2.81. The average Bonchev–Trinajstić information content (AvgIpc) is 2.83. The molecule has 0 saturated heterocycles. The summed E-state index contributed by atoms with van der Waals surface area (Å²) in [7, 11) is 0. The molecule has 128 valence electrons. The third-order valence-electron chi connectivity index (χ3n) is 3.97. The van der Waals surface area contributed by atoms with Crippen molar-refractivity contribution in [1.82, 2.24) is 14.9 Å². The Morgan fingerprint density at radius 2 is 2.00 bits per heavy atom. The maximum absolute atomic E-state index is 12.3. The van der Waals surface area contributed by atoms with Crippen molar-refractivity contribution in [3.8, 4) is 0 Å². The van der Waals surface area contributed by atoms with Crippen molar-refractivity contribution in [1.29, 1.82) is 0 Å². The van der Waals surface area contributed by atoms with Crippen LogP contribution in [0.3, 0.4) is 0 Å². The standard InChI is InChI=1S/C15H26N4O.2ClH/c1-12(2)11-19-9-8-17-13(19)10-18-14(20)15(16)6-4-3-5-7-15;;/h8-9,12H,3-7,10-11,16H2,1-2H3,(H,18,20);2*1H. The van der Waals surface area contributed by atoms with Gasteiger partial charge in [0, 0.05) is 18.9 Å². The van der Waals surface area contributed by atoms with Crippen molar-refractivity contribution in [2.24, 2.45) is 11.7 Å². The van der Waals surface area contributed by atoms with Crippen molar-refractivity contribution < 1.29 is 4.79 Å². The normalized spacial score (nSPS) is 16.5. The van der Waals surface area contributed by atoms with Crippen molar-refractivity contribution in [2.45, 2.75) is 64.6 Å². The fraction of sp³-hybridized carbons (Fsp3) is 0.733. The molecular weight excluding hydrogens is 323 g/mol. The lowest BCUT2D eigenvalue weighted by Crippen LogP contribution is -2.54. The van der Waals surface area contributed by atoms with Crippen LogP contribution >= 0.6 is 24.8 Å². The summed E-state index contributed by atoms with van der Waals surface area (Å²) in [6.45, 7) is 5.70. The maximum atomic E-state index is 12.3. The zero-order chi connectivity index (χ0) is 14.6. The molecule has 3 N–H and O–H groups in total. The molecule has 1 amide bonds. The molecule has 0 aliphatic heterocycles. The topological polar surface area (TPSA) is 72.9 Å². The number of halogens is 2. The minimum Gasteiger partial charge on any atom is -0.347 e. The highest BCUT2D eigenvalue weighted by Gasteiger charge is 2.35. The molecule has 2 rings (SSSR count). The van der Waals surface area contributed by atoms with Crippen LogP contribution in [-0.2, 0) is 17.9 Å². The van der Waals surface area contributed by atoms with Crippen LogP contribution in [0.1, 0.15) is 51.8 Å². The number of nitrogens with one attached hydrogen (secondary N) is 1. The van der Waals surface area contributed by atoms with Gasteiger partial charge in [-0.25, -0.2) is 4.98 Å². The molecule has 1 heterocycles. The average molecular weight is 351 g/mol. The molecule has 7 heteroatoms. The first-order valence-electron chi connectivity index (χ1n) is 7.58. The van der Waals surface area contributed by atoms with Crippen molar-refractivity contribution in [3.63, 3.8) is 0 Å². The second kappa shape index (κ2) is 9.38. The predicted molar refractivity (Wildman–Crippen MR) is 93.4 cm³/mol. The van der Waals surface area contributed by atoms with Gasteiger partial charge in [0.1, 0.15) is 5.82 Å². The first kappa shape index (κ1) is 21.2. The van der Waals surface area contributed by atoms with E-state index in [2.05, 4.69) is 28.7 Å². The summed E-state index contributed by atoms with van der Waals surface area (Å²) >= 11 is 0. The molecule has 0 aromatic carbocycles. The van der Waals surface area contributed by atoms with E-state index in [0.29, 0.717) is 12.5 Å². The van der Waals surface area contributed by atoms with E-state index in [0.717, 1.165) is 38.1 Å². The first-order chi connectivity index (χ1) is 9.51. The highest BCUT2D eigenvalue weighted by atomic mass is 35.5. The molecule has 22 heavy (non-hydrogen) atoms. The SMILES string of the molecule is CC(C)Cn1ccnc1CNC(=O)C1(N)CCCCC1.Cl.Cl. The summed E-state index contributed by atoms with van der Waals surface area (Å²) in [6.07, 6.45) is 8.60. The van der Waals surface area contributed by atoms with Gasteiger partial charge < -0.3 is 15.6 Å². The molecule has 1 aromatic rings. The summed E-state index contributed by atoms with van der Waals surface area (Å²) in [5, 5.41) is 2.96. The largest absolute Gasteiger partial charge is 0.347 e. The van der Waals surface area contributed by atoms with Crippen LogP contribution in [-0.4, -0.2) is 21.0 Å². The minimum absolute atomic E-state index is 0. The van der Waals surface area contributed by atoms with Gasteiger partial charge >= 0.3 is 0 Å². The van der Waals surface area contributed by atoms with Crippen LogP contribution in [0.2, 0.25) is 0 Å². The number of nitrogens with two attached hydrogens (primary N) is 1. The van der Waals surface area contributed by atoms with Crippen molar-refractivity contribution in [2.75, 3.05) is 0 Å². The van der Waals surface area contributed by atoms with E-state index in [1.54, 1.807) is 6.20 Å². The number of nitrogens with zero attached hydrogens (tertiary/aromatic N) is 2. The maximum Gasteiger partial charge on any atom is 0.240 e. The number of rotatable bonds is 5. The lowest BCUT2D eigenvalue weighted by Gasteiger charge is -2.31. The lowest BCUT2D eigenvalue weighted by atomic mass is 9.82. The molecule has 0 bridgehead atoms. The number of carbonyl (C=O) groups is 1. The van der Waals surface area contributed by atoms with Crippen LogP contribution < -0.4 is 11.1 Å². The van der Waals surface area contributed by atoms with Gasteiger partial charge in [0.2, 0.25) is 5.91 Å². The number of carbonyl (C=O) groups excluding carboxylic acids is 1. The van der Waals surface area contributed by atoms with Gasteiger partial charge in [-0.05, 0) is 18.8 Å². The van der Waals surface area contributed by atoms with E-state index in [-0.39, 0.29) is 30.7 Å². The number of aromatic nitrogens is 2. The molecule has 0 radical (unpaired) electrons. The minimum atomic E-state index is -0.673. The monoisotopic (exact) mass is 350 g/mol. The highest BCUT2D eigenvalue weighted by molar-refractivity contribution is 5.86. The second-order valence-corrected chi connectivity index (χ2v) is 6.29. The Labute approximate surface area is 145 Å². The van der Waals surface area contributed by atoms with Gasteiger partial charge in [-0.2, -0.15) is 0 Å². The van der Waals surface area contributed by atoms with Crippen molar-refractivity contribution in [3.05, 3.63) is 18.2 Å². The molecule has 5 nitrogen and oxygen atoms in total. The molecule has 0 unspecified atom stereocenters. The summed E-state index contributed by atoms with van der Waals surface area (Å²) in [5.41, 5.74) is 5.55. The Bertz CT molecular complexity index is 456. The van der Waals surface area contributed by atoms with Crippen LogP contribution in [0.5, 0.6) is 0 Å². The van der Waals surface area contributed by atoms with Crippen LogP contribution in [0.15, 0.2) is 12.4 Å². The quantitative estimate of drug-likeness (QED) is 0.857. The Morgan fingerprint density at radius 1 is 1.36 bits per heavy atom. The summed E-state index contributed by atoms with van der Waals surface area (Å²) in [5.74, 6) is 1.42. The Hall–Kier alpha value is -0.780. The van der Waals surface area contributed by atoms with E-state index in [4.69, 9.17) is 5.73 Å². The summed E-state index contributed by atoms with van der Waals surface area (Å²) in [6, 6.07) is 0. The number of amides is 1. The number of imidazole rings is 1. The molecule has 1 saturated carbocycles. The van der Waals surface area contributed by atoms with Gasteiger partial charge in [0.15, 0.2) is 0 Å². The highest BCUT2D eigenvalue weighted by Crippen LogP contribution is 2.26. The number of hydrogen-bond acceptors (Lipinski definition) is 3. The van der Waals surface area contributed by atoms with Gasteiger partial charge in [0.05, 0.1) is 12.1 Å². The molecular formula is C15H28Cl2N4O. The Kier molecular flexibility index (Phi) is 9.05. The van der Waals surface area contributed by atoms with E-state index in [1.807, 2.05) is 6.20 Å². The first-order valence-corrected chi connectivity index (χ1v) is 7.58. The lowest BCUT2D eigenvalue weighted by molar-refractivity contribution is -0.127. The fourth-order valence-electron chi connectivity index (χ4n) is 2.81. The molecule has 0 atom stereocenters. The van der Waals surface area contributed by atoms with Crippen LogP contribution in [0, 0.1) is 5.92 Å². The summed E-state index contributed by atoms with van der Waals surface area (Å²) < 4.78 is 2.09. The number of hydrogen-bond donors (Lipinski definition) is 2. The summed E-state index contributed by atoms with van der Waals surface area (Å²) in [4.78, 5) is 16.6. The third kappa shape index (κ3) is 5.45. The van der Waals surface area contributed by atoms with Crippen LogP contribution in [0.25, 0.3) is 0 Å². The third-order valence-corrected chi connectivity index (χ3v) is 3.97. The molecule has 1 aromatic heterocycles. The smallest absolute Gasteiger partial charge is 0.240 e. The molecule has 0 spiro atoms. The second-order valence-electron chi connectivity index (χ2n) is 6.29. The van der Waals surface area contributed by atoms with E-state index in [1.165, 1.54) is 6.42 Å². The molecule has 1 aliphatic carbocycles. The van der Waals surface area contributed by atoms with Gasteiger partial charge in [-0.15, -0.1) is 24.8 Å². The zero-order valence-electron chi connectivity index (χ0n) is 13.4. The Morgan fingerprint density at radius 3 is 2.59 bits per heavy atom.